The number of carbonyl (C=O) groups excluding carboxylic acids is 1. The largest absolute Gasteiger partial charge is 0.494 e. The van der Waals surface area contributed by atoms with Gasteiger partial charge in [-0.3, -0.25) is 19.2 Å². The van der Waals surface area contributed by atoms with Gasteiger partial charge in [0.1, 0.15) is 12.3 Å². The van der Waals surface area contributed by atoms with Gasteiger partial charge >= 0.3 is 0 Å². The first-order valence-corrected chi connectivity index (χ1v) is 10.3. The first kappa shape index (κ1) is 21.8. The molecule has 0 aliphatic carbocycles. The Morgan fingerprint density at radius 1 is 1.28 bits per heavy atom. The summed E-state index contributed by atoms with van der Waals surface area (Å²) in [5, 5.41) is 14.7. The Balaban J connectivity index is 2.07. The highest BCUT2D eigenvalue weighted by Gasteiger charge is 2.22. The zero-order valence-corrected chi connectivity index (χ0v) is 16.6. The maximum atomic E-state index is 12.1. The highest BCUT2D eigenvalue weighted by atomic mass is 32.2. The highest BCUT2D eigenvalue weighted by molar-refractivity contribution is 7.92. The molecule has 29 heavy (non-hydrogen) atoms. The van der Waals surface area contributed by atoms with Crippen molar-refractivity contribution in [1.82, 2.24) is 5.43 Å². The zero-order chi connectivity index (χ0) is 21.4. The lowest BCUT2D eigenvalue weighted by atomic mass is 10.2. The predicted octanol–water partition coefficient (Wildman–Crippen LogP) is 1.91. The van der Waals surface area contributed by atoms with Crippen LogP contribution in [-0.2, 0) is 14.8 Å². The molecule has 154 valence electrons. The van der Waals surface area contributed by atoms with Crippen LogP contribution in [0.2, 0.25) is 0 Å². The van der Waals surface area contributed by atoms with Crippen LogP contribution in [0.5, 0.6) is 5.75 Å². The number of amides is 1. The third-order valence-corrected chi connectivity index (χ3v) is 4.75. The number of anilines is 1. The number of nitrogens with one attached hydrogen (secondary N) is 1. The second-order valence-corrected chi connectivity index (χ2v) is 7.75. The van der Waals surface area contributed by atoms with Crippen LogP contribution in [0.25, 0.3) is 0 Å². The van der Waals surface area contributed by atoms with Gasteiger partial charge in [-0.15, -0.1) is 0 Å². The number of hydrazone groups is 1. The number of ether oxygens (including phenoxy) is 1. The van der Waals surface area contributed by atoms with E-state index in [9.17, 15) is 23.3 Å². The van der Waals surface area contributed by atoms with Crippen molar-refractivity contribution in [1.29, 1.82) is 0 Å². The highest BCUT2D eigenvalue weighted by Crippen LogP contribution is 2.22. The number of hydrogen-bond donors (Lipinski definition) is 1. The molecule has 0 spiro atoms. The van der Waals surface area contributed by atoms with Gasteiger partial charge in [0, 0.05) is 12.1 Å². The Labute approximate surface area is 168 Å². The van der Waals surface area contributed by atoms with Gasteiger partial charge in [0.2, 0.25) is 10.0 Å². The van der Waals surface area contributed by atoms with Crippen LogP contribution in [0.1, 0.15) is 12.5 Å². The van der Waals surface area contributed by atoms with Crippen molar-refractivity contribution in [2.75, 3.05) is 23.7 Å². The smallest absolute Gasteiger partial charge is 0.271 e. The van der Waals surface area contributed by atoms with E-state index in [1.165, 1.54) is 24.4 Å². The second-order valence-electron chi connectivity index (χ2n) is 5.84. The fraction of sp³-hybridized carbons (Fsp3) is 0.222. The lowest BCUT2D eigenvalue weighted by Crippen LogP contribution is -2.39. The van der Waals surface area contributed by atoms with E-state index >= 15 is 0 Å². The van der Waals surface area contributed by atoms with E-state index in [1.807, 2.05) is 6.92 Å². The molecule has 1 N–H and O–H groups in total. The Bertz CT molecular complexity index is 1010. The van der Waals surface area contributed by atoms with Crippen molar-refractivity contribution in [2.24, 2.45) is 5.10 Å². The van der Waals surface area contributed by atoms with Crippen LogP contribution < -0.4 is 14.5 Å². The molecule has 10 nitrogen and oxygen atoms in total. The minimum Gasteiger partial charge on any atom is -0.494 e. The average molecular weight is 420 g/mol. The first-order valence-electron chi connectivity index (χ1n) is 8.47. The van der Waals surface area contributed by atoms with Gasteiger partial charge in [-0.05, 0) is 42.8 Å². The number of nitro groups is 1. The summed E-state index contributed by atoms with van der Waals surface area (Å²) >= 11 is 0. The number of rotatable bonds is 9. The van der Waals surface area contributed by atoms with Crippen molar-refractivity contribution in [3.8, 4) is 5.75 Å². The lowest BCUT2D eigenvalue weighted by Gasteiger charge is -2.21. The standard InChI is InChI=1S/C18H20N4O6S/c1-3-28-17-9-7-14(8-10-17)12-19-20-18(23)13-21(29(2,26)27)15-5-4-6-16(11-15)22(24)25/h4-12H,3,13H2,1-2H3,(H,20,23)/b19-12-. The molecule has 0 bridgehead atoms. The van der Waals surface area contributed by atoms with E-state index in [-0.39, 0.29) is 11.4 Å². The molecule has 2 aromatic rings. The number of benzene rings is 2. The normalized spacial score (nSPS) is 11.2. The summed E-state index contributed by atoms with van der Waals surface area (Å²) in [7, 11) is -3.86. The molecule has 0 unspecified atom stereocenters. The van der Waals surface area contributed by atoms with E-state index in [4.69, 9.17) is 4.74 Å². The molecule has 2 aromatic carbocycles. The molecule has 0 saturated heterocycles. The third-order valence-electron chi connectivity index (χ3n) is 3.61. The summed E-state index contributed by atoms with van der Waals surface area (Å²) in [5.74, 6) is -0.00134. The lowest BCUT2D eigenvalue weighted by molar-refractivity contribution is -0.384. The van der Waals surface area contributed by atoms with Gasteiger partial charge in [-0.1, -0.05) is 6.07 Å². The average Bonchev–Trinajstić information content (AvgIpc) is 2.67. The molecule has 0 radical (unpaired) electrons. The van der Waals surface area contributed by atoms with Gasteiger partial charge in [0.25, 0.3) is 11.6 Å². The first-order chi connectivity index (χ1) is 13.7. The number of nitro benzene ring substituents is 1. The molecule has 0 aliphatic heterocycles. The Kier molecular flexibility index (Phi) is 7.26. The third kappa shape index (κ3) is 6.57. The van der Waals surface area contributed by atoms with E-state index in [0.717, 1.165) is 16.6 Å². The van der Waals surface area contributed by atoms with Gasteiger partial charge in [-0.25, -0.2) is 13.8 Å². The molecule has 0 heterocycles. The number of hydrogen-bond acceptors (Lipinski definition) is 7. The van der Waals surface area contributed by atoms with E-state index < -0.39 is 27.4 Å². The van der Waals surface area contributed by atoms with E-state index in [0.29, 0.717) is 17.9 Å². The zero-order valence-electron chi connectivity index (χ0n) is 15.8. The van der Waals surface area contributed by atoms with Crippen molar-refractivity contribution >= 4 is 33.5 Å². The Morgan fingerprint density at radius 3 is 2.55 bits per heavy atom. The van der Waals surface area contributed by atoms with Gasteiger partial charge in [0.05, 0.1) is 29.7 Å². The predicted molar refractivity (Wildman–Crippen MR) is 109 cm³/mol. The molecular weight excluding hydrogens is 400 g/mol. The second kappa shape index (κ2) is 9.64. The SMILES string of the molecule is CCOc1ccc(/C=N\NC(=O)CN(c2cccc([N+](=O)[O-])c2)S(C)(=O)=O)cc1. The fourth-order valence-corrected chi connectivity index (χ4v) is 3.17. The minimum atomic E-state index is -3.86. The summed E-state index contributed by atoms with van der Waals surface area (Å²) in [6.07, 6.45) is 2.30. The van der Waals surface area contributed by atoms with Crippen LogP contribution in [0, 0.1) is 10.1 Å². The maximum absolute atomic E-state index is 12.1. The molecule has 0 aromatic heterocycles. The minimum absolute atomic E-state index is 0.00680. The molecule has 0 aliphatic rings. The molecule has 0 fully saturated rings. The van der Waals surface area contributed by atoms with Crippen LogP contribution >= 0.6 is 0 Å². The van der Waals surface area contributed by atoms with Crippen molar-refractivity contribution in [3.63, 3.8) is 0 Å². The summed E-state index contributed by atoms with van der Waals surface area (Å²) in [6.45, 7) is 1.84. The summed E-state index contributed by atoms with van der Waals surface area (Å²) in [4.78, 5) is 22.4. The van der Waals surface area contributed by atoms with Crippen LogP contribution in [-0.4, -0.2) is 44.9 Å². The number of carbonyl (C=O) groups is 1. The molecule has 0 saturated carbocycles. The van der Waals surface area contributed by atoms with E-state index in [1.54, 1.807) is 24.3 Å². The van der Waals surface area contributed by atoms with Crippen molar-refractivity contribution < 1.29 is 22.9 Å². The molecule has 1 amide bonds. The molecule has 2 rings (SSSR count). The van der Waals surface area contributed by atoms with Crippen LogP contribution in [0.15, 0.2) is 53.6 Å². The number of non-ortho nitro benzene ring substituents is 1. The molecule has 0 atom stereocenters. The van der Waals surface area contributed by atoms with Gasteiger partial charge < -0.3 is 4.74 Å². The van der Waals surface area contributed by atoms with Crippen molar-refractivity contribution in [2.45, 2.75) is 6.92 Å². The summed E-state index contributed by atoms with van der Waals surface area (Å²) < 4.78 is 30.2. The van der Waals surface area contributed by atoms with Crippen LogP contribution in [0.3, 0.4) is 0 Å². The van der Waals surface area contributed by atoms with Gasteiger partial charge in [-0.2, -0.15) is 5.10 Å². The topological polar surface area (TPSA) is 131 Å². The Hall–Kier alpha value is -3.47. The van der Waals surface area contributed by atoms with Gasteiger partial charge in [0.15, 0.2) is 0 Å². The van der Waals surface area contributed by atoms with Crippen LogP contribution in [0.4, 0.5) is 11.4 Å². The fourth-order valence-electron chi connectivity index (χ4n) is 2.32. The summed E-state index contributed by atoms with van der Waals surface area (Å²) in [5.41, 5.74) is 2.66. The molecule has 11 heteroatoms. The van der Waals surface area contributed by atoms with Crippen molar-refractivity contribution in [3.05, 3.63) is 64.2 Å². The monoisotopic (exact) mass is 420 g/mol. The maximum Gasteiger partial charge on any atom is 0.271 e. The number of nitrogens with zero attached hydrogens (tertiary/aromatic N) is 3. The Morgan fingerprint density at radius 2 is 1.97 bits per heavy atom. The quantitative estimate of drug-likeness (QED) is 0.374. The summed E-state index contributed by atoms with van der Waals surface area (Å²) in [6, 6.07) is 12.0. The number of sulfonamides is 1. The van der Waals surface area contributed by atoms with E-state index in [2.05, 4.69) is 10.5 Å². The molecular formula is C18H20N4O6S.